The molecule has 216 valence electrons. The third kappa shape index (κ3) is 6.22. The number of anilines is 2. The Bertz CT molecular complexity index is 1460. The van der Waals surface area contributed by atoms with Gasteiger partial charge >= 0.3 is 0 Å². The van der Waals surface area contributed by atoms with E-state index in [0.717, 1.165) is 16.5 Å². The zero-order valence-corrected chi connectivity index (χ0v) is 22.2. The van der Waals surface area contributed by atoms with Crippen LogP contribution >= 0.6 is 11.6 Å². The maximum atomic E-state index is 14.5. The van der Waals surface area contributed by atoms with Gasteiger partial charge in [-0.15, -0.1) is 0 Å². The fourth-order valence-electron chi connectivity index (χ4n) is 5.18. The predicted octanol–water partition coefficient (Wildman–Crippen LogP) is 6.00. The molecular weight excluding hydrogens is 557 g/mol. The zero-order chi connectivity index (χ0) is 28.6. The summed E-state index contributed by atoms with van der Waals surface area (Å²) in [6.07, 6.45) is 0.641. The van der Waals surface area contributed by atoms with E-state index in [1.165, 1.54) is 35.4 Å². The van der Waals surface area contributed by atoms with Gasteiger partial charge in [0.2, 0.25) is 11.8 Å². The summed E-state index contributed by atoms with van der Waals surface area (Å²) in [6.45, 7) is 1.82. The van der Waals surface area contributed by atoms with Crippen LogP contribution in [0.1, 0.15) is 50.3 Å². The molecule has 3 aromatic rings. The highest BCUT2D eigenvalue weighted by Gasteiger charge is 2.48. The third-order valence-electron chi connectivity index (χ3n) is 7.11. The Morgan fingerprint density at radius 1 is 1.12 bits per heavy atom. The van der Waals surface area contributed by atoms with Crippen molar-refractivity contribution in [3.8, 4) is 0 Å². The van der Waals surface area contributed by atoms with E-state index in [1.807, 2.05) is 6.92 Å². The van der Waals surface area contributed by atoms with Crippen LogP contribution in [0.2, 0.25) is 5.02 Å². The second kappa shape index (κ2) is 11.9. The highest BCUT2D eigenvalue weighted by Crippen LogP contribution is 2.39. The number of carbonyl (C=O) groups is 3. The summed E-state index contributed by atoms with van der Waals surface area (Å²) in [5, 5.41) is 2.76. The van der Waals surface area contributed by atoms with Crippen molar-refractivity contribution in [3.63, 3.8) is 0 Å². The summed E-state index contributed by atoms with van der Waals surface area (Å²) in [7, 11) is 0. The van der Waals surface area contributed by atoms with Crippen LogP contribution in [0.25, 0.3) is 0 Å². The van der Waals surface area contributed by atoms with E-state index >= 15 is 0 Å². The van der Waals surface area contributed by atoms with E-state index in [1.54, 1.807) is 30.3 Å². The molecule has 1 aliphatic carbocycles. The van der Waals surface area contributed by atoms with Crippen molar-refractivity contribution in [2.75, 3.05) is 9.80 Å². The lowest BCUT2D eigenvalue weighted by Crippen LogP contribution is -2.56. The first kappa shape index (κ1) is 30.0. The van der Waals surface area contributed by atoms with E-state index in [2.05, 4.69) is 10.3 Å². The number of aromatic nitrogens is 1. The number of alkyl halides is 2. The molecule has 2 heterocycles. The quantitative estimate of drug-likeness (QED) is 0.368. The summed E-state index contributed by atoms with van der Waals surface area (Å²) in [6, 6.07) is 11.6. The van der Waals surface area contributed by atoms with Crippen molar-refractivity contribution in [1.29, 1.82) is 0 Å². The Hall–Kier alpha value is -3.92. The van der Waals surface area contributed by atoms with Crippen molar-refractivity contribution in [1.82, 2.24) is 10.3 Å². The normalized spacial score (nSPS) is 18.7. The molecule has 1 aliphatic heterocycles. The van der Waals surface area contributed by atoms with Crippen molar-refractivity contribution < 1.29 is 27.6 Å². The number of aryl methyl sites for hydroxylation is 1. The zero-order valence-electron chi connectivity index (χ0n) is 21.5. The average molecular weight is 587 g/mol. The molecule has 41 heavy (non-hydrogen) atoms. The van der Waals surface area contributed by atoms with Gasteiger partial charge in [-0.1, -0.05) is 43.3 Å². The minimum atomic E-state index is -2.89. The Labute approximate surface area is 241 Å². The van der Waals surface area contributed by atoms with Crippen LogP contribution in [0.15, 0.2) is 66.9 Å². The van der Waals surface area contributed by atoms with Gasteiger partial charge in [0.15, 0.2) is 0 Å². The molecule has 0 spiro atoms. The molecule has 0 radical (unpaired) electrons. The first-order chi connectivity index (χ1) is 19.0. The summed E-state index contributed by atoms with van der Waals surface area (Å²) in [5.74, 6) is -5.02. The van der Waals surface area contributed by atoms with Crippen molar-refractivity contribution >= 4 is 40.8 Å². The molecule has 2 fully saturated rings. The van der Waals surface area contributed by atoms with Crippen LogP contribution in [0.5, 0.6) is 0 Å². The number of nitrogens with zero attached hydrogens (tertiary/aromatic N) is 3. The van der Waals surface area contributed by atoms with Gasteiger partial charge < -0.3 is 5.32 Å². The Balaban J connectivity index is 0.00000387. The highest BCUT2D eigenvalue weighted by molar-refractivity contribution is 6.31. The second-order valence-corrected chi connectivity index (χ2v) is 10.5. The van der Waals surface area contributed by atoms with Crippen LogP contribution in [0, 0.1) is 12.7 Å². The van der Waals surface area contributed by atoms with Crippen LogP contribution < -0.4 is 15.1 Å². The van der Waals surface area contributed by atoms with Crippen LogP contribution in [-0.2, 0) is 14.4 Å². The molecule has 2 aliphatic rings. The summed E-state index contributed by atoms with van der Waals surface area (Å²) < 4.78 is 41.6. The Morgan fingerprint density at radius 3 is 2.51 bits per heavy atom. The van der Waals surface area contributed by atoms with Gasteiger partial charge in [0.05, 0.1) is 0 Å². The van der Waals surface area contributed by atoms with E-state index in [-0.39, 0.29) is 48.3 Å². The lowest BCUT2D eigenvalue weighted by Gasteiger charge is -2.39. The number of pyridine rings is 1. The lowest BCUT2D eigenvalue weighted by atomic mass is 9.87. The molecular formula is C30H30ClF3N4O3. The van der Waals surface area contributed by atoms with Gasteiger partial charge in [-0.2, -0.15) is 0 Å². The summed E-state index contributed by atoms with van der Waals surface area (Å²) >= 11 is 6.50. The molecule has 1 saturated carbocycles. The van der Waals surface area contributed by atoms with Crippen LogP contribution in [0.4, 0.5) is 24.7 Å². The molecule has 2 aromatic carbocycles. The maximum absolute atomic E-state index is 14.5. The third-order valence-corrected chi connectivity index (χ3v) is 7.46. The minimum absolute atomic E-state index is 0. The SMILES string of the molecule is C.Cc1ccnc(N2C(=O)CC[C@H]2C(=O)N(c2cccc(F)c2)[C@@H](C(=O)NC2CC(F)(F)C2)c2ccccc2Cl)c1. The number of amides is 3. The fourth-order valence-corrected chi connectivity index (χ4v) is 5.42. The molecule has 3 amide bonds. The van der Waals surface area contributed by atoms with Gasteiger partial charge in [-0.05, 0) is 55.3 Å². The Kier molecular flexibility index (Phi) is 8.72. The van der Waals surface area contributed by atoms with Gasteiger partial charge in [0.25, 0.3) is 11.8 Å². The number of halogens is 4. The van der Waals surface area contributed by atoms with Gasteiger partial charge in [0, 0.05) is 47.8 Å². The number of hydrogen-bond acceptors (Lipinski definition) is 4. The molecule has 0 unspecified atom stereocenters. The first-order valence-electron chi connectivity index (χ1n) is 12.8. The van der Waals surface area contributed by atoms with Crippen LogP contribution in [-0.4, -0.2) is 40.7 Å². The van der Waals surface area contributed by atoms with E-state index < -0.39 is 54.5 Å². The van der Waals surface area contributed by atoms with Crippen molar-refractivity contribution in [2.24, 2.45) is 0 Å². The predicted molar refractivity (Wildman–Crippen MR) is 150 cm³/mol. The topological polar surface area (TPSA) is 82.6 Å². The van der Waals surface area contributed by atoms with E-state index in [0.29, 0.717) is 0 Å². The second-order valence-electron chi connectivity index (χ2n) is 10.1. The van der Waals surface area contributed by atoms with E-state index in [4.69, 9.17) is 11.6 Å². The number of rotatable bonds is 7. The van der Waals surface area contributed by atoms with Gasteiger partial charge in [-0.3, -0.25) is 24.2 Å². The lowest BCUT2D eigenvalue weighted by molar-refractivity contribution is -0.133. The molecule has 5 rings (SSSR count). The van der Waals surface area contributed by atoms with Gasteiger partial charge in [0.1, 0.15) is 23.7 Å². The summed E-state index contributed by atoms with van der Waals surface area (Å²) in [5.41, 5.74) is 1.08. The monoisotopic (exact) mass is 586 g/mol. The average Bonchev–Trinajstić information content (AvgIpc) is 3.27. The smallest absolute Gasteiger partial charge is 0.252 e. The molecule has 0 bridgehead atoms. The van der Waals surface area contributed by atoms with Gasteiger partial charge in [-0.25, -0.2) is 18.2 Å². The fraction of sp³-hybridized carbons (Fsp3) is 0.333. The number of hydrogen-bond donors (Lipinski definition) is 1. The molecule has 2 atom stereocenters. The number of nitrogens with one attached hydrogen (secondary N) is 1. The molecule has 1 aromatic heterocycles. The largest absolute Gasteiger partial charge is 0.351 e. The highest BCUT2D eigenvalue weighted by atomic mass is 35.5. The summed E-state index contributed by atoms with van der Waals surface area (Å²) in [4.78, 5) is 47.9. The molecule has 1 saturated heterocycles. The molecule has 1 N–H and O–H groups in total. The number of carbonyl (C=O) groups excluding carboxylic acids is 3. The maximum Gasteiger partial charge on any atom is 0.252 e. The first-order valence-corrected chi connectivity index (χ1v) is 13.2. The minimum Gasteiger partial charge on any atom is -0.351 e. The van der Waals surface area contributed by atoms with Crippen molar-refractivity contribution in [3.05, 3.63) is 88.8 Å². The van der Waals surface area contributed by atoms with E-state index in [9.17, 15) is 27.6 Å². The molecule has 7 nitrogen and oxygen atoms in total. The van der Waals surface area contributed by atoms with Crippen molar-refractivity contribution in [2.45, 2.75) is 64.1 Å². The number of benzene rings is 2. The van der Waals surface area contributed by atoms with Crippen LogP contribution in [0.3, 0.4) is 0 Å². The molecule has 11 heteroatoms. The Morgan fingerprint density at radius 2 is 1.85 bits per heavy atom. The standard InChI is InChI=1S/C29H26ClF3N4O3.CH4/c1-17-11-12-34-24(13-17)37-23(9-10-25(37)38)28(40)36(20-6-4-5-18(31)14-20)26(21-7-2-3-8-22(21)30)27(39)35-19-15-29(32,33)16-19;/h2-8,11-14,19,23,26H,9-10,15-16H2,1H3,(H,35,39);1H4/t23-,26+;/m0./s1.